The number of carbonyl (C=O) groups excluding carboxylic acids is 2. The number of hydrogen-bond acceptors (Lipinski definition) is 3. The molecule has 0 radical (unpaired) electrons. The summed E-state index contributed by atoms with van der Waals surface area (Å²) < 4.78 is 0. The Kier molecular flexibility index (Phi) is 5.35. The molecule has 0 aromatic heterocycles. The number of carboxylic acid groups (broad SMARTS) is 1. The van der Waals surface area contributed by atoms with Crippen molar-refractivity contribution < 1.29 is 19.5 Å². The molecule has 20 heavy (non-hydrogen) atoms. The van der Waals surface area contributed by atoms with Crippen LogP contribution in [0.3, 0.4) is 0 Å². The maximum absolute atomic E-state index is 11.9. The first-order chi connectivity index (χ1) is 9.32. The Balaban J connectivity index is 2.56. The molecule has 1 unspecified atom stereocenters. The van der Waals surface area contributed by atoms with Crippen molar-refractivity contribution in [2.24, 2.45) is 5.41 Å². The Hall–Kier alpha value is -1.79. The molecule has 7 nitrogen and oxygen atoms in total. The molecule has 1 fully saturated rings. The fourth-order valence-electron chi connectivity index (χ4n) is 2.43. The molecule has 0 aromatic rings. The summed E-state index contributed by atoms with van der Waals surface area (Å²) >= 11 is 0. The third-order valence-corrected chi connectivity index (χ3v) is 3.71. The molecular weight excluding hydrogens is 262 g/mol. The summed E-state index contributed by atoms with van der Waals surface area (Å²) in [5.74, 6) is -1.05. The lowest BCUT2D eigenvalue weighted by Crippen LogP contribution is -2.44. The molecule has 2 N–H and O–H groups in total. The van der Waals surface area contributed by atoms with Crippen LogP contribution in [-0.2, 0) is 9.59 Å². The van der Waals surface area contributed by atoms with E-state index in [1.165, 1.54) is 9.80 Å². The zero-order valence-corrected chi connectivity index (χ0v) is 12.3. The summed E-state index contributed by atoms with van der Waals surface area (Å²) in [6, 6.07) is -0.376. The van der Waals surface area contributed by atoms with E-state index >= 15 is 0 Å². The minimum absolute atomic E-state index is 0.0732. The number of likely N-dealkylation sites (N-methyl/N-ethyl adjacent to an activating group) is 1. The predicted molar refractivity (Wildman–Crippen MR) is 73.3 cm³/mol. The number of rotatable bonds is 5. The van der Waals surface area contributed by atoms with E-state index in [9.17, 15) is 19.5 Å². The number of amides is 3. The monoisotopic (exact) mass is 285 g/mol. The van der Waals surface area contributed by atoms with Crippen LogP contribution >= 0.6 is 0 Å². The molecule has 1 heterocycles. The van der Waals surface area contributed by atoms with Gasteiger partial charge in [0.1, 0.15) is 0 Å². The number of nitrogens with zero attached hydrogens (tertiary/aromatic N) is 2. The smallest absolute Gasteiger partial charge is 0.317 e. The fourth-order valence-corrected chi connectivity index (χ4v) is 2.43. The second kappa shape index (κ2) is 6.58. The van der Waals surface area contributed by atoms with E-state index in [0.717, 1.165) is 6.42 Å². The SMILES string of the molecule is CCCC1(C(=O)O)CCN(C(=O)NCC(=O)N(C)C)C1. The van der Waals surface area contributed by atoms with Gasteiger partial charge in [-0.25, -0.2) is 4.79 Å². The van der Waals surface area contributed by atoms with Crippen LogP contribution in [0.1, 0.15) is 26.2 Å². The Morgan fingerprint density at radius 1 is 1.35 bits per heavy atom. The van der Waals surface area contributed by atoms with Crippen LogP contribution in [0.5, 0.6) is 0 Å². The van der Waals surface area contributed by atoms with Crippen LogP contribution in [0.25, 0.3) is 0 Å². The Morgan fingerprint density at radius 2 is 2.00 bits per heavy atom. The van der Waals surface area contributed by atoms with Crippen LogP contribution < -0.4 is 5.32 Å². The summed E-state index contributed by atoms with van der Waals surface area (Å²) in [6.07, 6.45) is 1.79. The van der Waals surface area contributed by atoms with E-state index in [0.29, 0.717) is 19.4 Å². The Morgan fingerprint density at radius 3 is 2.50 bits per heavy atom. The van der Waals surface area contributed by atoms with Gasteiger partial charge in [0.2, 0.25) is 5.91 Å². The van der Waals surface area contributed by atoms with Gasteiger partial charge in [-0.15, -0.1) is 0 Å². The fraction of sp³-hybridized carbons (Fsp3) is 0.769. The third kappa shape index (κ3) is 3.61. The standard InChI is InChI=1S/C13H23N3O4/c1-4-5-13(11(18)19)6-7-16(9-13)12(20)14-8-10(17)15(2)3/h4-9H2,1-3H3,(H,14,20)(H,18,19). The number of nitrogens with one attached hydrogen (secondary N) is 1. The zero-order valence-electron chi connectivity index (χ0n) is 12.3. The first kappa shape index (κ1) is 16.3. The lowest BCUT2D eigenvalue weighted by Gasteiger charge is -2.24. The largest absolute Gasteiger partial charge is 0.481 e. The molecule has 0 aliphatic carbocycles. The summed E-state index contributed by atoms with van der Waals surface area (Å²) in [6.45, 7) is 2.48. The highest BCUT2D eigenvalue weighted by atomic mass is 16.4. The van der Waals surface area contributed by atoms with Gasteiger partial charge in [0.05, 0.1) is 12.0 Å². The van der Waals surface area contributed by atoms with Crippen molar-refractivity contribution in [2.45, 2.75) is 26.2 Å². The highest BCUT2D eigenvalue weighted by Crippen LogP contribution is 2.35. The van der Waals surface area contributed by atoms with E-state index < -0.39 is 11.4 Å². The lowest BCUT2D eigenvalue weighted by atomic mass is 9.83. The topological polar surface area (TPSA) is 90.0 Å². The van der Waals surface area contributed by atoms with Crippen LogP contribution in [-0.4, -0.2) is 66.5 Å². The zero-order chi connectivity index (χ0) is 15.3. The van der Waals surface area contributed by atoms with Gasteiger partial charge in [0.15, 0.2) is 0 Å². The summed E-state index contributed by atoms with van der Waals surface area (Å²) in [7, 11) is 3.22. The Labute approximate surface area is 118 Å². The molecule has 0 spiro atoms. The van der Waals surface area contributed by atoms with Crippen molar-refractivity contribution in [3.63, 3.8) is 0 Å². The van der Waals surface area contributed by atoms with E-state index in [1.807, 2.05) is 6.92 Å². The maximum atomic E-state index is 11.9. The average molecular weight is 285 g/mol. The number of likely N-dealkylation sites (tertiary alicyclic amines) is 1. The van der Waals surface area contributed by atoms with Gasteiger partial charge >= 0.3 is 12.0 Å². The van der Waals surface area contributed by atoms with Crippen molar-refractivity contribution in [3.8, 4) is 0 Å². The van der Waals surface area contributed by atoms with Crippen LogP contribution in [0, 0.1) is 5.41 Å². The van der Waals surface area contributed by atoms with Crippen molar-refractivity contribution in [1.29, 1.82) is 0 Å². The predicted octanol–water partition coefficient (Wildman–Crippen LogP) is 0.361. The van der Waals surface area contributed by atoms with E-state index in [1.54, 1.807) is 14.1 Å². The molecule has 114 valence electrons. The first-order valence-electron chi connectivity index (χ1n) is 6.78. The quantitative estimate of drug-likeness (QED) is 0.763. The van der Waals surface area contributed by atoms with Crippen LogP contribution in [0.2, 0.25) is 0 Å². The summed E-state index contributed by atoms with van der Waals surface area (Å²) in [4.78, 5) is 37.6. The molecule has 1 saturated heterocycles. The van der Waals surface area contributed by atoms with Crippen LogP contribution in [0.4, 0.5) is 4.79 Å². The molecular formula is C13H23N3O4. The highest BCUT2D eigenvalue weighted by Gasteiger charge is 2.45. The maximum Gasteiger partial charge on any atom is 0.317 e. The minimum atomic E-state index is -0.848. The highest BCUT2D eigenvalue weighted by molar-refractivity contribution is 5.84. The number of aliphatic carboxylic acids is 1. The molecule has 7 heteroatoms. The van der Waals surface area contributed by atoms with Crippen LogP contribution in [0.15, 0.2) is 0 Å². The lowest BCUT2D eigenvalue weighted by molar-refractivity contribution is -0.148. The minimum Gasteiger partial charge on any atom is -0.481 e. The second-order valence-electron chi connectivity index (χ2n) is 5.45. The molecule has 0 bridgehead atoms. The van der Waals surface area contributed by atoms with E-state index in [4.69, 9.17) is 0 Å². The van der Waals surface area contributed by atoms with Gasteiger partial charge in [0, 0.05) is 27.2 Å². The normalized spacial score (nSPS) is 21.6. The Bertz CT molecular complexity index is 397. The second-order valence-corrected chi connectivity index (χ2v) is 5.45. The van der Waals surface area contributed by atoms with Crippen molar-refractivity contribution >= 4 is 17.9 Å². The third-order valence-electron chi connectivity index (χ3n) is 3.71. The van der Waals surface area contributed by atoms with Gasteiger partial charge in [-0.1, -0.05) is 13.3 Å². The van der Waals surface area contributed by atoms with Crippen molar-refractivity contribution in [2.75, 3.05) is 33.7 Å². The summed E-state index contributed by atoms with van der Waals surface area (Å²) in [5.41, 5.74) is -0.836. The van der Waals surface area contributed by atoms with Gasteiger partial charge < -0.3 is 20.2 Å². The van der Waals surface area contributed by atoms with E-state index in [-0.39, 0.29) is 25.0 Å². The molecule has 0 saturated carbocycles. The van der Waals surface area contributed by atoms with Crippen molar-refractivity contribution in [3.05, 3.63) is 0 Å². The number of carboxylic acids is 1. The number of carbonyl (C=O) groups is 3. The molecule has 1 aliphatic heterocycles. The number of hydrogen-bond donors (Lipinski definition) is 2. The molecule has 1 atom stereocenters. The van der Waals surface area contributed by atoms with Gasteiger partial charge in [-0.3, -0.25) is 9.59 Å². The molecule has 3 amide bonds. The molecule has 1 aliphatic rings. The molecule has 0 aromatic carbocycles. The molecule has 1 rings (SSSR count). The van der Waals surface area contributed by atoms with Crippen molar-refractivity contribution in [1.82, 2.24) is 15.1 Å². The first-order valence-corrected chi connectivity index (χ1v) is 6.78. The average Bonchev–Trinajstić information content (AvgIpc) is 2.81. The summed E-state index contributed by atoms with van der Waals surface area (Å²) in [5, 5.41) is 11.9. The van der Waals surface area contributed by atoms with E-state index in [2.05, 4.69) is 5.32 Å². The van der Waals surface area contributed by atoms with Gasteiger partial charge in [-0.2, -0.15) is 0 Å². The van der Waals surface area contributed by atoms with Gasteiger partial charge in [0.25, 0.3) is 0 Å². The van der Waals surface area contributed by atoms with Gasteiger partial charge in [-0.05, 0) is 12.8 Å². The number of urea groups is 1.